The van der Waals surface area contributed by atoms with Gasteiger partial charge in [0.25, 0.3) is 0 Å². The third-order valence-corrected chi connectivity index (χ3v) is 4.35. The predicted molar refractivity (Wildman–Crippen MR) is 92.1 cm³/mol. The first-order chi connectivity index (χ1) is 10.5. The number of alkyl halides is 3. The summed E-state index contributed by atoms with van der Waals surface area (Å²) in [7, 11) is 0. The molecule has 8 heteroatoms. The number of benzene rings is 1. The molecule has 1 aromatic carbocycles. The molecular formula is C16H23Cl2F3N2O. The number of ether oxygens (including phenoxy) is 1. The van der Waals surface area contributed by atoms with Crippen LogP contribution in [-0.4, -0.2) is 37.4 Å². The SMILES string of the molecule is Cl.Cl.FC(F)(F)Oc1ccccc1[C@@H](CC1CC1)N1CCNCC1. The van der Waals surface area contributed by atoms with E-state index in [4.69, 9.17) is 0 Å². The molecule has 0 spiro atoms. The zero-order chi connectivity index (χ0) is 15.6. The first-order valence-electron chi connectivity index (χ1n) is 7.82. The molecule has 24 heavy (non-hydrogen) atoms. The van der Waals surface area contributed by atoms with E-state index in [2.05, 4.69) is 15.0 Å². The lowest BCUT2D eigenvalue weighted by Crippen LogP contribution is -2.45. The van der Waals surface area contributed by atoms with Crippen LogP contribution in [-0.2, 0) is 0 Å². The topological polar surface area (TPSA) is 24.5 Å². The second-order valence-corrected chi connectivity index (χ2v) is 6.07. The number of nitrogens with one attached hydrogen (secondary N) is 1. The highest BCUT2D eigenvalue weighted by Gasteiger charge is 2.36. The van der Waals surface area contributed by atoms with Crippen LogP contribution in [0.4, 0.5) is 13.2 Å². The number of piperazine rings is 1. The summed E-state index contributed by atoms with van der Waals surface area (Å²) in [5, 5.41) is 3.29. The fraction of sp³-hybridized carbons (Fsp3) is 0.625. The van der Waals surface area contributed by atoms with Gasteiger partial charge in [-0.1, -0.05) is 31.0 Å². The number of hydrogen-bond donors (Lipinski definition) is 1. The van der Waals surface area contributed by atoms with Crippen LogP contribution in [0.5, 0.6) is 5.75 Å². The van der Waals surface area contributed by atoms with Gasteiger partial charge >= 0.3 is 6.36 Å². The molecule has 1 aliphatic heterocycles. The molecule has 1 aliphatic carbocycles. The molecule has 1 N–H and O–H groups in total. The van der Waals surface area contributed by atoms with Gasteiger partial charge < -0.3 is 10.1 Å². The quantitative estimate of drug-likeness (QED) is 0.821. The molecule has 1 saturated carbocycles. The summed E-state index contributed by atoms with van der Waals surface area (Å²) in [5.41, 5.74) is 0.661. The van der Waals surface area contributed by atoms with Gasteiger partial charge in [0.05, 0.1) is 0 Å². The first-order valence-corrected chi connectivity index (χ1v) is 7.82. The van der Waals surface area contributed by atoms with Gasteiger partial charge in [0, 0.05) is 37.8 Å². The molecule has 3 rings (SSSR count). The van der Waals surface area contributed by atoms with Crippen molar-refractivity contribution in [2.45, 2.75) is 31.7 Å². The lowest BCUT2D eigenvalue weighted by atomic mass is 9.97. The smallest absolute Gasteiger partial charge is 0.405 e. The molecule has 0 amide bonds. The van der Waals surface area contributed by atoms with E-state index >= 15 is 0 Å². The summed E-state index contributed by atoms with van der Waals surface area (Å²) in [5.74, 6) is 0.581. The van der Waals surface area contributed by atoms with Gasteiger partial charge in [-0.05, 0) is 18.4 Å². The highest BCUT2D eigenvalue weighted by molar-refractivity contribution is 5.85. The Morgan fingerprint density at radius 3 is 2.33 bits per heavy atom. The summed E-state index contributed by atoms with van der Waals surface area (Å²) in [6.45, 7) is 3.47. The van der Waals surface area contributed by atoms with Gasteiger partial charge in [-0.3, -0.25) is 4.90 Å². The fourth-order valence-corrected chi connectivity index (χ4v) is 3.11. The molecule has 2 aliphatic rings. The molecular weight excluding hydrogens is 364 g/mol. The van der Waals surface area contributed by atoms with E-state index in [0.717, 1.165) is 32.6 Å². The van der Waals surface area contributed by atoms with Gasteiger partial charge in [-0.2, -0.15) is 0 Å². The maximum absolute atomic E-state index is 12.7. The Hall–Kier alpha value is -0.690. The van der Waals surface area contributed by atoms with E-state index in [1.54, 1.807) is 18.2 Å². The van der Waals surface area contributed by atoms with Gasteiger partial charge in [0.15, 0.2) is 0 Å². The van der Waals surface area contributed by atoms with Gasteiger partial charge in [0.2, 0.25) is 0 Å². The molecule has 3 nitrogen and oxygen atoms in total. The summed E-state index contributed by atoms with van der Waals surface area (Å²) in [6, 6.07) is 6.59. The standard InChI is InChI=1S/C16H21F3N2O.2ClH/c17-16(18,19)22-15-4-2-1-3-13(15)14(11-12-5-6-12)21-9-7-20-8-10-21;;/h1-4,12,14,20H,5-11H2;2*1H/t14-;;/m1../s1. The Morgan fingerprint density at radius 1 is 1.12 bits per heavy atom. The van der Waals surface area contributed by atoms with Crippen LogP contribution >= 0.6 is 24.8 Å². The van der Waals surface area contributed by atoms with Crippen LogP contribution in [0.2, 0.25) is 0 Å². The first kappa shape index (κ1) is 21.4. The number of nitrogens with zero attached hydrogens (tertiary/aromatic N) is 1. The van der Waals surface area contributed by atoms with Gasteiger partial charge in [-0.25, -0.2) is 0 Å². The predicted octanol–water partition coefficient (Wildman–Crippen LogP) is 4.18. The minimum absolute atomic E-state index is 0. The van der Waals surface area contributed by atoms with E-state index in [1.807, 2.05) is 0 Å². The molecule has 0 unspecified atom stereocenters. The van der Waals surface area contributed by atoms with Crippen molar-refractivity contribution in [3.05, 3.63) is 29.8 Å². The van der Waals surface area contributed by atoms with Crippen molar-refractivity contribution in [2.75, 3.05) is 26.2 Å². The maximum atomic E-state index is 12.7. The number of halogens is 5. The molecule has 1 aromatic rings. The fourth-order valence-electron chi connectivity index (χ4n) is 3.11. The minimum Gasteiger partial charge on any atom is -0.405 e. The van der Waals surface area contributed by atoms with Crippen molar-refractivity contribution in [1.29, 1.82) is 0 Å². The number of rotatable bonds is 5. The summed E-state index contributed by atoms with van der Waals surface area (Å²) in [4.78, 5) is 2.29. The molecule has 0 bridgehead atoms. The molecule has 1 heterocycles. The van der Waals surface area contributed by atoms with Crippen molar-refractivity contribution in [3.8, 4) is 5.75 Å². The minimum atomic E-state index is -4.65. The third kappa shape index (κ3) is 5.99. The highest BCUT2D eigenvalue weighted by atomic mass is 35.5. The maximum Gasteiger partial charge on any atom is 0.573 e. The largest absolute Gasteiger partial charge is 0.573 e. The Morgan fingerprint density at radius 2 is 1.75 bits per heavy atom. The lowest BCUT2D eigenvalue weighted by molar-refractivity contribution is -0.275. The number of para-hydroxylation sites is 1. The average molecular weight is 387 g/mol. The van der Waals surface area contributed by atoms with Crippen molar-refractivity contribution in [3.63, 3.8) is 0 Å². The van der Waals surface area contributed by atoms with E-state index in [1.165, 1.54) is 18.9 Å². The molecule has 0 radical (unpaired) electrons. The molecule has 0 aromatic heterocycles. The van der Waals surface area contributed by atoms with E-state index < -0.39 is 6.36 Å². The van der Waals surface area contributed by atoms with E-state index in [0.29, 0.717) is 11.5 Å². The summed E-state index contributed by atoms with van der Waals surface area (Å²) < 4.78 is 42.2. The second kappa shape index (κ2) is 9.13. The summed E-state index contributed by atoms with van der Waals surface area (Å²) >= 11 is 0. The van der Waals surface area contributed by atoms with Crippen LogP contribution in [0.15, 0.2) is 24.3 Å². The average Bonchev–Trinajstić information content (AvgIpc) is 3.29. The van der Waals surface area contributed by atoms with Crippen molar-refractivity contribution < 1.29 is 17.9 Å². The Bertz CT molecular complexity index is 506. The van der Waals surface area contributed by atoms with Gasteiger partial charge in [0.1, 0.15) is 5.75 Å². The van der Waals surface area contributed by atoms with Gasteiger partial charge in [-0.15, -0.1) is 38.0 Å². The molecule has 1 saturated heterocycles. The van der Waals surface area contributed by atoms with E-state index in [-0.39, 0.29) is 36.6 Å². The van der Waals surface area contributed by atoms with Crippen LogP contribution in [0.3, 0.4) is 0 Å². The van der Waals surface area contributed by atoms with Crippen molar-refractivity contribution in [1.82, 2.24) is 10.2 Å². The zero-order valence-corrected chi connectivity index (χ0v) is 14.9. The van der Waals surface area contributed by atoms with Crippen LogP contribution in [0, 0.1) is 5.92 Å². The Kier molecular flexibility index (Phi) is 8.12. The third-order valence-electron chi connectivity index (χ3n) is 4.35. The zero-order valence-electron chi connectivity index (χ0n) is 13.2. The lowest BCUT2D eigenvalue weighted by Gasteiger charge is -2.36. The molecule has 138 valence electrons. The second-order valence-electron chi connectivity index (χ2n) is 6.07. The van der Waals surface area contributed by atoms with Crippen LogP contribution in [0.25, 0.3) is 0 Å². The highest BCUT2D eigenvalue weighted by Crippen LogP contribution is 2.43. The number of hydrogen-bond acceptors (Lipinski definition) is 3. The monoisotopic (exact) mass is 386 g/mol. The normalized spacial score (nSPS) is 19.8. The Labute approximate surface area is 152 Å². The van der Waals surface area contributed by atoms with Crippen molar-refractivity contribution >= 4 is 24.8 Å². The van der Waals surface area contributed by atoms with Crippen LogP contribution < -0.4 is 10.1 Å². The van der Waals surface area contributed by atoms with E-state index in [9.17, 15) is 13.2 Å². The van der Waals surface area contributed by atoms with Crippen molar-refractivity contribution in [2.24, 2.45) is 5.92 Å². The molecule has 2 fully saturated rings. The van der Waals surface area contributed by atoms with Crippen LogP contribution in [0.1, 0.15) is 30.9 Å². The Balaban J connectivity index is 0.00000144. The summed E-state index contributed by atoms with van der Waals surface area (Å²) in [6.07, 6.45) is -1.36. The molecule has 1 atom stereocenters.